The van der Waals surface area contributed by atoms with E-state index in [0.29, 0.717) is 2.26 Å². The Bertz CT molecular complexity index is 531. The van der Waals surface area contributed by atoms with Crippen molar-refractivity contribution in [2.45, 2.75) is 71.5 Å². The summed E-state index contributed by atoms with van der Waals surface area (Å²) < 4.78 is 0.743. The number of allylic oxidation sites excluding steroid dienone is 8. The van der Waals surface area contributed by atoms with Gasteiger partial charge in [0.1, 0.15) is 0 Å². The Hall–Kier alpha value is 0.298. The van der Waals surface area contributed by atoms with Gasteiger partial charge >= 0.3 is 152 Å². The molecule has 0 aliphatic heterocycles. The van der Waals surface area contributed by atoms with Crippen LogP contribution < -0.4 is 0 Å². The zero-order chi connectivity index (χ0) is 16.3. The monoisotopic (exact) mass is 422 g/mol. The zero-order valence-electron chi connectivity index (χ0n) is 15.4. The van der Waals surface area contributed by atoms with Crippen molar-refractivity contribution >= 4 is 0 Å². The second-order valence-electron chi connectivity index (χ2n) is 7.17. The summed E-state index contributed by atoms with van der Waals surface area (Å²) >= 11 is -0.691. The van der Waals surface area contributed by atoms with Crippen LogP contribution in [0.4, 0.5) is 0 Å². The van der Waals surface area contributed by atoms with Crippen molar-refractivity contribution in [3.63, 3.8) is 0 Å². The molecule has 0 N–H and O–H groups in total. The SMILES string of the molecule is CC1=C(C)[C](C)([Sm][C]2(C)C(C)=C(C)C(C)=C2C)C(C)=C1C. The molecule has 0 aromatic rings. The Balaban J connectivity index is 2.54. The van der Waals surface area contributed by atoms with Crippen LogP contribution in [0.25, 0.3) is 0 Å². The molecule has 0 aromatic carbocycles. The predicted octanol–water partition coefficient (Wildman–Crippen LogP) is 6.80. The summed E-state index contributed by atoms with van der Waals surface area (Å²) in [5, 5.41) is 0. The van der Waals surface area contributed by atoms with E-state index < -0.39 is 36.3 Å². The minimum atomic E-state index is -0.691. The maximum absolute atomic E-state index is 2.52. The Morgan fingerprint density at radius 3 is 0.857 bits per heavy atom. The molecule has 0 fully saturated rings. The fourth-order valence-corrected chi connectivity index (χ4v) is 10.4. The molecular formula is C20H30Sm. The van der Waals surface area contributed by atoms with Crippen molar-refractivity contribution in [2.24, 2.45) is 0 Å². The van der Waals surface area contributed by atoms with Crippen molar-refractivity contribution in [1.82, 2.24) is 0 Å². The second-order valence-corrected chi connectivity index (χ2v) is 13.1. The van der Waals surface area contributed by atoms with Crippen LogP contribution >= 0.6 is 0 Å². The van der Waals surface area contributed by atoms with E-state index in [-0.39, 0.29) is 0 Å². The van der Waals surface area contributed by atoms with Crippen LogP contribution in [0.1, 0.15) is 69.2 Å². The van der Waals surface area contributed by atoms with Gasteiger partial charge in [0.2, 0.25) is 0 Å². The maximum atomic E-state index is 2.52. The van der Waals surface area contributed by atoms with Crippen molar-refractivity contribution in [3.8, 4) is 0 Å². The van der Waals surface area contributed by atoms with E-state index >= 15 is 0 Å². The average Bonchev–Trinajstić information content (AvgIpc) is 2.67. The molecule has 2 rings (SSSR count). The molecule has 0 saturated carbocycles. The van der Waals surface area contributed by atoms with Crippen LogP contribution in [0.2, 0.25) is 2.26 Å². The summed E-state index contributed by atoms with van der Waals surface area (Å²) in [4.78, 5) is 0. The van der Waals surface area contributed by atoms with Crippen LogP contribution in [0.15, 0.2) is 44.6 Å². The summed E-state index contributed by atoms with van der Waals surface area (Å²) in [6, 6.07) is 0. The van der Waals surface area contributed by atoms with E-state index in [2.05, 4.69) is 69.2 Å². The second kappa shape index (κ2) is 5.43. The molecule has 1 heteroatoms. The molecule has 0 amide bonds. The summed E-state index contributed by atoms with van der Waals surface area (Å²) in [5.74, 6) is 0. The van der Waals surface area contributed by atoms with Crippen molar-refractivity contribution < 1.29 is 36.3 Å². The van der Waals surface area contributed by atoms with Gasteiger partial charge in [-0.15, -0.1) is 0 Å². The fourth-order valence-electron chi connectivity index (χ4n) is 3.83. The quantitative estimate of drug-likeness (QED) is 0.460. The molecule has 2 aliphatic carbocycles. The van der Waals surface area contributed by atoms with E-state index in [0.717, 1.165) is 0 Å². The topological polar surface area (TPSA) is 0 Å². The van der Waals surface area contributed by atoms with Crippen molar-refractivity contribution in [1.29, 1.82) is 0 Å². The van der Waals surface area contributed by atoms with Crippen LogP contribution in [0.5, 0.6) is 0 Å². The van der Waals surface area contributed by atoms with Gasteiger partial charge in [-0.1, -0.05) is 0 Å². The Labute approximate surface area is 151 Å². The van der Waals surface area contributed by atoms with Gasteiger partial charge < -0.3 is 0 Å². The molecule has 116 valence electrons. The normalized spacial score (nSPS) is 24.9. The first-order valence-electron chi connectivity index (χ1n) is 7.91. The summed E-state index contributed by atoms with van der Waals surface area (Å²) in [6.45, 7) is 23.8. The summed E-state index contributed by atoms with van der Waals surface area (Å²) in [5.41, 5.74) is 12.8. The molecule has 21 heavy (non-hydrogen) atoms. The van der Waals surface area contributed by atoms with Crippen molar-refractivity contribution in [2.75, 3.05) is 0 Å². The van der Waals surface area contributed by atoms with Gasteiger partial charge in [0.05, 0.1) is 0 Å². The zero-order valence-corrected chi connectivity index (χ0v) is 18.0. The third-order valence-electron chi connectivity index (χ3n) is 6.65. The van der Waals surface area contributed by atoms with Gasteiger partial charge in [-0.05, 0) is 0 Å². The molecular weight excluding hydrogens is 391 g/mol. The Morgan fingerprint density at radius 1 is 0.476 bits per heavy atom. The van der Waals surface area contributed by atoms with Gasteiger partial charge in [-0.25, -0.2) is 0 Å². The van der Waals surface area contributed by atoms with Crippen LogP contribution in [-0.4, -0.2) is 0 Å². The van der Waals surface area contributed by atoms with Crippen LogP contribution in [0, 0.1) is 36.3 Å². The summed E-state index contributed by atoms with van der Waals surface area (Å²) in [7, 11) is 0. The van der Waals surface area contributed by atoms with Crippen molar-refractivity contribution in [3.05, 3.63) is 44.6 Å². The average molecular weight is 421 g/mol. The number of hydrogen-bond donors (Lipinski definition) is 0. The van der Waals surface area contributed by atoms with Gasteiger partial charge in [-0.2, -0.15) is 0 Å². The first kappa shape index (κ1) is 17.6. The van der Waals surface area contributed by atoms with Gasteiger partial charge in [-0.3, -0.25) is 0 Å². The molecule has 0 aromatic heterocycles. The number of hydrogen-bond acceptors (Lipinski definition) is 0. The molecule has 0 bridgehead atoms. The number of rotatable bonds is 2. The van der Waals surface area contributed by atoms with Gasteiger partial charge in [0, 0.05) is 0 Å². The molecule has 0 heterocycles. The Kier molecular flexibility index (Phi) is 4.57. The van der Waals surface area contributed by atoms with E-state index in [1.54, 1.807) is 44.6 Å². The molecule has 0 saturated heterocycles. The van der Waals surface area contributed by atoms with E-state index in [1.807, 2.05) is 0 Å². The fraction of sp³-hybridized carbons (Fsp3) is 0.600. The first-order chi connectivity index (χ1) is 9.48. The minimum absolute atomic E-state index is 0.371. The molecule has 0 nitrogen and oxygen atoms in total. The molecule has 0 spiro atoms. The molecule has 0 unspecified atom stereocenters. The Morgan fingerprint density at radius 2 is 0.667 bits per heavy atom. The van der Waals surface area contributed by atoms with Gasteiger partial charge in [0.25, 0.3) is 0 Å². The third kappa shape index (κ3) is 2.31. The molecule has 2 aliphatic rings. The van der Waals surface area contributed by atoms with Gasteiger partial charge in [0.15, 0.2) is 0 Å². The first-order valence-corrected chi connectivity index (χ1v) is 10.5. The molecule has 0 atom stereocenters. The van der Waals surface area contributed by atoms with Crippen LogP contribution in [-0.2, 0) is 0 Å². The molecule has 0 radical (unpaired) electrons. The standard InChI is InChI=1S/2C10H15.Sm/c2*1-6-7(2)9(4)10(5)8(6)3;/h2*1-5H3;. The van der Waals surface area contributed by atoms with E-state index in [4.69, 9.17) is 0 Å². The third-order valence-corrected chi connectivity index (χ3v) is 13.2. The summed E-state index contributed by atoms with van der Waals surface area (Å²) in [6.07, 6.45) is 0. The van der Waals surface area contributed by atoms with E-state index in [9.17, 15) is 0 Å². The van der Waals surface area contributed by atoms with E-state index in [1.165, 1.54) is 0 Å². The predicted molar refractivity (Wildman–Crippen MR) is 90.2 cm³/mol. The van der Waals surface area contributed by atoms with Crippen LogP contribution in [0.3, 0.4) is 0 Å².